The molecule has 0 fully saturated rings. The molecule has 1 rings (SSSR count). The molecule has 1 aromatic rings. The summed E-state index contributed by atoms with van der Waals surface area (Å²) in [5.41, 5.74) is 0. The Morgan fingerprint density at radius 1 is 1.45 bits per heavy atom. The molecule has 0 aliphatic rings. The minimum absolute atomic E-state index is 0. The van der Waals surface area contributed by atoms with Crippen LogP contribution < -0.4 is 5.32 Å². The summed E-state index contributed by atoms with van der Waals surface area (Å²) in [5.74, 6) is 0.848. The van der Waals surface area contributed by atoms with E-state index in [1.165, 1.54) is 0 Å². The fourth-order valence-electron chi connectivity index (χ4n) is 0.717. The van der Waals surface area contributed by atoms with Crippen LogP contribution in [0.1, 0.15) is 21.1 Å². The third kappa shape index (κ3) is 3.09. The minimum Gasteiger partial charge on any atom is -0.308 e. The summed E-state index contributed by atoms with van der Waals surface area (Å²) in [5, 5.41) is 3.24. The number of nitrogens with zero attached hydrogens (tertiary/aromatic N) is 2. The highest BCUT2D eigenvalue weighted by molar-refractivity contribution is 4.87. The molecule has 0 aliphatic carbocycles. The Kier molecular flexibility index (Phi) is 2.98. The molecule has 0 unspecified atom stereocenters. The van der Waals surface area contributed by atoms with E-state index in [2.05, 4.69) is 29.1 Å². The molecule has 0 radical (unpaired) electrons. The monoisotopic (exact) mass is 153 g/mol. The van der Waals surface area contributed by atoms with Gasteiger partial charge >= 0.3 is 0 Å². The van der Waals surface area contributed by atoms with E-state index in [0.29, 0.717) is 6.04 Å². The Labute approximate surface area is 68.4 Å². The lowest BCUT2D eigenvalue weighted by atomic mass is 10.4. The van der Waals surface area contributed by atoms with E-state index in [1.54, 1.807) is 12.4 Å². The average Bonchev–Trinajstić information content (AvgIpc) is 2.03. The normalized spacial score (nSPS) is 10.5. The molecule has 62 valence electrons. The van der Waals surface area contributed by atoms with E-state index in [0.717, 1.165) is 12.4 Å². The van der Waals surface area contributed by atoms with Crippen LogP contribution in [0.15, 0.2) is 18.5 Å². The number of hydrogen-bond acceptors (Lipinski definition) is 3. The van der Waals surface area contributed by atoms with E-state index in [9.17, 15) is 0 Å². The largest absolute Gasteiger partial charge is 0.308 e. The van der Waals surface area contributed by atoms with Crippen LogP contribution in [0, 0.1) is 0 Å². The summed E-state index contributed by atoms with van der Waals surface area (Å²) in [6, 6.07) is 2.30. The Morgan fingerprint density at radius 3 is 2.64 bits per heavy atom. The summed E-state index contributed by atoms with van der Waals surface area (Å²) >= 11 is 0. The molecular formula is C8H15N3. The number of rotatable bonds is 3. The molecule has 1 heterocycles. The van der Waals surface area contributed by atoms with Crippen LogP contribution in [0.3, 0.4) is 0 Å². The standard InChI is InChI=1S/C8H13N3.H2/c1-7(2)11-6-8-9-4-3-5-10-8;/h3-5,7,11H,6H2,1-2H3;1H. The molecule has 0 amide bonds. The van der Waals surface area contributed by atoms with Crippen LogP contribution in [0.2, 0.25) is 0 Å². The fraction of sp³-hybridized carbons (Fsp3) is 0.500. The Morgan fingerprint density at radius 2 is 2.09 bits per heavy atom. The van der Waals surface area contributed by atoms with E-state index >= 15 is 0 Å². The predicted octanol–water partition coefficient (Wildman–Crippen LogP) is 1.22. The van der Waals surface area contributed by atoms with Gasteiger partial charge in [0.1, 0.15) is 5.82 Å². The van der Waals surface area contributed by atoms with Gasteiger partial charge in [-0.3, -0.25) is 0 Å². The molecule has 0 saturated carbocycles. The maximum absolute atomic E-state index is 4.08. The van der Waals surface area contributed by atoms with Crippen molar-refractivity contribution < 1.29 is 1.43 Å². The third-order valence-electron chi connectivity index (χ3n) is 1.29. The van der Waals surface area contributed by atoms with Gasteiger partial charge in [-0.2, -0.15) is 0 Å². The first-order valence-corrected chi connectivity index (χ1v) is 3.78. The zero-order valence-electron chi connectivity index (χ0n) is 6.91. The number of nitrogens with one attached hydrogen (secondary N) is 1. The molecule has 0 spiro atoms. The lowest BCUT2D eigenvalue weighted by Crippen LogP contribution is -2.22. The van der Waals surface area contributed by atoms with E-state index in [1.807, 2.05) is 6.07 Å². The molecule has 0 aliphatic heterocycles. The van der Waals surface area contributed by atoms with Gasteiger partial charge in [0.25, 0.3) is 0 Å². The van der Waals surface area contributed by atoms with Crippen LogP contribution in [0.5, 0.6) is 0 Å². The third-order valence-corrected chi connectivity index (χ3v) is 1.29. The van der Waals surface area contributed by atoms with Crippen LogP contribution in [-0.2, 0) is 6.54 Å². The summed E-state index contributed by atoms with van der Waals surface area (Å²) in [4.78, 5) is 8.15. The first-order valence-electron chi connectivity index (χ1n) is 3.78. The summed E-state index contributed by atoms with van der Waals surface area (Å²) in [6.45, 7) is 4.95. The molecule has 0 bridgehead atoms. The van der Waals surface area contributed by atoms with Crippen molar-refractivity contribution in [3.05, 3.63) is 24.3 Å². The topological polar surface area (TPSA) is 37.8 Å². The summed E-state index contributed by atoms with van der Waals surface area (Å²) in [7, 11) is 0. The molecule has 11 heavy (non-hydrogen) atoms. The van der Waals surface area contributed by atoms with Crippen molar-refractivity contribution in [3.63, 3.8) is 0 Å². The van der Waals surface area contributed by atoms with Gasteiger partial charge in [0, 0.05) is 19.9 Å². The molecule has 0 saturated heterocycles. The second kappa shape index (κ2) is 4.03. The smallest absolute Gasteiger partial charge is 0.141 e. The summed E-state index contributed by atoms with van der Waals surface area (Å²) in [6.07, 6.45) is 3.51. The highest BCUT2D eigenvalue weighted by Crippen LogP contribution is 1.87. The molecule has 0 aromatic carbocycles. The van der Waals surface area contributed by atoms with E-state index < -0.39 is 0 Å². The lowest BCUT2D eigenvalue weighted by molar-refractivity contribution is 0.572. The number of aromatic nitrogens is 2. The molecular weight excluding hydrogens is 138 g/mol. The molecule has 1 N–H and O–H groups in total. The lowest BCUT2D eigenvalue weighted by Gasteiger charge is -2.05. The maximum Gasteiger partial charge on any atom is 0.141 e. The SMILES string of the molecule is CC(C)NCc1ncccn1.[HH]. The van der Waals surface area contributed by atoms with Crippen molar-refractivity contribution in [2.45, 2.75) is 26.4 Å². The second-order valence-electron chi connectivity index (χ2n) is 2.70. The van der Waals surface area contributed by atoms with Crippen molar-refractivity contribution in [2.24, 2.45) is 0 Å². The first kappa shape index (κ1) is 8.14. The van der Waals surface area contributed by atoms with Gasteiger partial charge in [0.05, 0.1) is 6.54 Å². The van der Waals surface area contributed by atoms with E-state index in [-0.39, 0.29) is 1.43 Å². The van der Waals surface area contributed by atoms with Crippen LogP contribution in [0.4, 0.5) is 0 Å². The van der Waals surface area contributed by atoms with Gasteiger partial charge in [-0.15, -0.1) is 0 Å². The molecule has 3 heteroatoms. The highest BCUT2D eigenvalue weighted by Gasteiger charge is 1.94. The van der Waals surface area contributed by atoms with Crippen LogP contribution in [-0.4, -0.2) is 16.0 Å². The van der Waals surface area contributed by atoms with Crippen molar-refractivity contribution in [1.82, 2.24) is 15.3 Å². The minimum atomic E-state index is 0. The summed E-state index contributed by atoms with van der Waals surface area (Å²) < 4.78 is 0. The van der Waals surface area contributed by atoms with Crippen molar-refractivity contribution >= 4 is 0 Å². The predicted molar refractivity (Wildman–Crippen MR) is 46.1 cm³/mol. The Balaban J connectivity index is 0.00000121. The van der Waals surface area contributed by atoms with Crippen molar-refractivity contribution in [1.29, 1.82) is 0 Å². The van der Waals surface area contributed by atoms with Crippen LogP contribution in [0.25, 0.3) is 0 Å². The van der Waals surface area contributed by atoms with Gasteiger partial charge in [-0.1, -0.05) is 13.8 Å². The highest BCUT2D eigenvalue weighted by atomic mass is 15.0. The maximum atomic E-state index is 4.08. The molecule has 1 aromatic heterocycles. The zero-order chi connectivity index (χ0) is 8.10. The van der Waals surface area contributed by atoms with Gasteiger partial charge in [0.15, 0.2) is 0 Å². The molecule has 3 nitrogen and oxygen atoms in total. The van der Waals surface area contributed by atoms with Gasteiger partial charge < -0.3 is 5.32 Å². The Bertz CT molecular complexity index is 201. The number of hydrogen-bond donors (Lipinski definition) is 1. The van der Waals surface area contributed by atoms with Crippen molar-refractivity contribution in [3.8, 4) is 0 Å². The quantitative estimate of drug-likeness (QED) is 0.709. The van der Waals surface area contributed by atoms with Crippen molar-refractivity contribution in [2.75, 3.05) is 0 Å². The average molecular weight is 153 g/mol. The molecule has 0 atom stereocenters. The Hall–Kier alpha value is -0.960. The van der Waals surface area contributed by atoms with Gasteiger partial charge in [-0.25, -0.2) is 9.97 Å². The van der Waals surface area contributed by atoms with Gasteiger partial charge in [-0.05, 0) is 6.07 Å². The fourth-order valence-corrected chi connectivity index (χ4v) is 0.717. The van der Waals surface area contributed by atoms with Crippen LogP contribution >= 0.6 is 0 Å². The second-order valence-corrected chi connectivity index (χ2v) is 2.70. The van der Waals surface area contributed by atoms with E-state index in [4.69, 9.17) is 0 Å². The van der Waals surface area contributed by atoms with Gasteiger partial charge in [0.2, 0.25) is 0 Å². The zero-order valence-corrected chi connectivity index (χ0v) is 6.91. The first-order chi connectivity index (χ1) is 5.29.